The van der Waals surface area contributed by atoms with Crippen molar-refractivity contribution in [3.63, 3.8) is 0 Å². The van der Waals surface area contributed by atoms with Crippen LogP contribution in [0.1, 0.15) is 26.7 Å². The fourth-order valence-electron chi connectivity index (χ4n) is 1.34. The van der Waals surface area contributed by atoms with Crippen molar-refractivity contribution >= 4 is 6.29 Å². The molecule has 1 rings (SSSR count). The first-order valence-electron chi connectivity index (χ1n) is 4.45. The highest BCUT2D eigenvalue weighted by Gasteiger charge is 2.33. The lowest BCUT2D eigenvalue weighted by atomic mass is 9.84. The normalized spacial score (nSPS) is 23.8. The molecule has 0 aromatic heterocycles. The minimum absolute atomic E-state index is 0.138. The molecule has 70 valence electrons. The molecular formula is C9H16O3. The van der Waals surface area contributed by atoms with Crippen LogP contribution < -0.4 is 0 Å². The van der Waals surface area contributed by atoms with Crippen LogP contribution in [-0.2, 0) is 14.3 Å². The van der Waals surface area contributed by atoms with Gasteiger partial charge in [-0.15, -0.1) is 0 Å². The largest absolute Gasteiger partial charge is 0.346 e. The zero-order chi connectivity index (χ0) is 9.03. The Balaban J connectivity index is 2.47. The monoisotopic (exact) mass is 172 g/mol. The van der Waals surface area contributed by atoms with E-state index in [-0.39, 0.29) is 5.41 Å². The first kappa shape index (κ1) is 9.68. The lowest BCUT2D eigenvalue weighted by molar-refractivity contribution is -0.218. The van der Waals surface area contributed by atoms with Crippen molar-refractivity contribution in [2.45, 2.75) is 33.0 Å². The molecule has 1 aliphatic rings. The zero-order valence-corrected chi connectivity index (χ0v) is 7.71. The van der Waals surface area contributed by atoms with Gasteiger partial charge in [0.2, 0.25) is 6.29 Å². The van der Waals surface area contributed by atoms with Crippen LogP contribution in [0.2, 0.25) is 0 Å². The van der Waals surface area contributed by atoms with Crippen LogP contribution in [0.25, 0.3) is 0 Å². The highest BCUT2D eigenvalue weighted by Crippen LogP contribution is 2.30. The minimum Gasteiger partial charge on any atom is -0.346 e. The molecule has 0 atom stereocenters. The summed E-state index contributed by atoms with van der Waals surface area (Å²) in [5.41, 5.74) is 0.138. The van der Waals surface area contributed by atoms with Crippen molar-refractivity contribution in [3.05, 3.63) is 0 Å². The van der Waals surface area contributed by atoms with E-state index in [9.17, 15) is 4.79 Å². The van der Waals surface area contributed by atoms with Gasteiger partial charge in [0.25, 0.3) is 0 Å². The zero-order valence-electron chi connectivity index (χ0n) is 7.71. The average Bonchev–Trinajstić information content (AvgIpc) is 2.18. The van der Waals surface area contributed by atoms with Gasteiger partial charge in [0.1, 0.15) is 0 Å². The molecule has 0 amide bonds. The van der Waals surface area contributed by atoms with E-state index in [4.69, 9.17) is 9.47 Å². The van der Waals surface area contributed by atoms with Gasteiger partial charge in [0.15, 0.2) is 6.29 Å². The Morgan fingerprint density at radius 3 is 2.17 bits per heavy atom. The highest BCUT2D eigenvalue weighted by molar-refractivity contribution is 5.53. The van der Waals surface area contributed by atoms with E-state index in [1.54, 1.807) is 0 Å². The summed E-state index contributed by atoms with van der Waals surface area (Å²) in [7, 11) is 0. The maximum Gasteiger partial charge on any atom is 0.214 e. The quantitative estimate of drug-likeness (QED) is 0.603. The second kappa shape index (κ2) is 4.01. The number of hydrogen-bond donors (Lipinski definition) is 0. The van der Waals surface area contributed by atoms with Gasteiger partial charge in [-0.1, -0.05) is 13.8 Å². The molecule has 12 heavy (non-hydrogen) atoms. The number of aldehydes is 1. The molecule has 0 aliphatic carbocycles. The molecule has 0 unspecified atom stereocenters. The molecule has 0 saturated carbocycles. The third-order valence-electron chi connectivity index (χ3n) is 2.72. The number of hydrogen-bond acceptors (Lipinski definition) is 3. The standard InChI is InChI=1S/C9H16O3/c1-3-9(4-2)6-11-8(5-10)12-7-9/h5,8H,3-4,6-7H2,1-2H3. The topological polar surface area (TPSA) is 35.5 Å². The molecule has 1 fully saturated rings. The first-order chi connectivity index (χ1) is 5.76. The Morgan fingerprint density at radius 2 is 1.83 bits per heavy atom. The smallest absolute Gasteiger partial charge is 0.214 e. The molecule has 0 N–H and O–H groups in total. The van der Waals surface area contributed by atoms with Crippen molar-refractivity contribution in [1.82, 2.24) is 0 Å². The lowest BCUT2D eigenvalue weighted by Crippen LogP contribution is -2.41. The Morgan fingerprint density at radius 1 is 1.33 bits per heavy atom. The van der Waals surface area contributed by atoms with Crippen molar-refractivity contribution in [3.8, 4) is 0 Å². The maximum absolute atomic E-state index is 10.3. The minimum atomic E-state index is -0.628. The SMILES string of the molecule is CCC1(CC)COC(C=O)OC1. The molecule has 1 aliphatic heterocycles. The highest BCUT2D eigenvalue weighted by atomic mass is 16.7. The van der Waals surface area contributed by atoms with Crippen LogP contribution in [-0.4, -0.2) is 25.8 Å². The fraction of sp³-hybridized carbons (Fsp3) is 0.889. The van der Waals surface area contributed by atoms with Crippen molar-refractivity contribution in [2.75, 3.05) is 13.2 Å². The van der Waals surface area contributed by atoms with Gasteiger partial charge < -0.3 is 9.47 Å². The van der Waals surface area contributed by atoms with Crippen molar-refractivity contribution in [1.29, 1.82) is 0 Å². The van der Waals surface area contributed by atoms with Gasteiger partial charge in [0, 0.05) is 5.41 Å². The Labute approximate surface area is 73.0 Å². The van der Waals surface area contributed by atoms with Gasteiger partial charge in [-0.25, -0.2) is 0 Å². The first-order valence-corrected chi connectivity index (χ1v) is 4.45. The van der Waals surface area contributed by atoms with Gasteiger partial charge in [-0.2, -0.15) is 0 Å². The molecule has 0 spiro atoms. The molecule has 0 aromatic rings. The lowest BCUT2D eigenvalue weighted by Gasteiger charge is -2.37. The van der Waals surface area contributed by atoms with Crippen molar-refractivity contribution < 1.29 is 14.3 Å². The van der Waals surface area contributed by atoms with Crippen molar-refractivity contribution in [2.24, 2.45) is 5.41 Å². The van der Waals surface area contributed by atoms with Gasteiger partial charge in [0.05, 0.1) is 13.2 Å². The summed E-state index contributed by atoms with van der Waals surface area (Å²) in [4.78, 5) is 10.3. The summed E-state index contributed by atoms with van der Waals surface area (Å²) in [5, 5.41) is 0. The molecule has 0 radical (unpaired) electrons. The number of carbonyl (C=O) groups excluding carboxylic acids is 1. The van der Waals surface area contributed by atoms with Crippen LogP contribution in [0.4, 0.5) is 0 Å². The number of carbonyl (C=O) groups is 1. The summed E-state index contributed by atoms with van der Waals surface area (Å²) >= 11 is 0. The summed E-state index contributed by atoms with van der Waals surface area (Å²) in [6.07, 6.45) is 2.15. The van der Waals surface area contributed by atoms with Crippen LogP contribution >= 0.6 is 0 Å². The van der Waals surface area contributed by atoms with E-state index in [1.807, 2.05) is 0 Å². The molecular weight excluding hydrogens is 156 g/mol. The van der Waals surface area contributed by atoms with E-state index in [0.717, 1.165) is 12.8 Å². The predicted molar refractivity (Wildman–Crippen MR) is 44.8 cm³/mol. The molecule has 0 bridgehead atoms. The molecule has 0 aromatic carbocycles. The third-order valence-corrected chi connectivity index (χ3v) is 2.72. The molecule has 1 heterocycles. The number of rotatable bonds is 3. The summed E-state index contributed by atoms with van der Waals surface area (Å²) in [6, 6.07) is 0. The maximum atomic E-state index is 10.3. The van der Waals surface area contributed by atoms with Crippen LogP contribution in [0.15, 0.2) is 0 Å². The van der Waals surface area contributed by atoms with Crippen LogP contribution in [0, 0.1) is 5.41 Å². The van der Waals surface area contributed by atoms with Gasteiger partial charge in [-0.3, -0.25) is 4.79 Å². The summed E-state index contributed by atoms with van der Waals surface area (Å²) < 4.78 is 10.5. The van der Waals surface area contributed by atoms with E-state index >= 15 is 0 Å². The summed E-state index contributed by atoms with van der Waals surface area (Å²) in [5.74, 6) is 0. The third kappa shape index (κ3) is 1.84. The molecule has 3 heteroatoms. The van der Waals surface area contributed by atoms with Gasteiger partial charge in [-0.05, 0) is 12.8 Å². The number of ether oxygens (including phenoxy) is 2. The van der Waals surface area contributed by atoms with E-state index in [1.165, 1.54) is 0 Å². The van der Waals surface area contributed by atoms with E-state index in [2.05, 4.69) is 13.8 Å². The second-order valence-corrected chi connectivity index (χ2v) is 3.33. The molecule has 3 nitrogen and oxygen atoms in total. The predicted octanol–water partition coefficient (Wildman–Crippen LogP) is 1.36. The second-order valence-electron chi connectivity index (χ2n) is 3.33. The van der Waals surface area contributed by atoms with Gasteiger partial charge >= 0.3 is 0 Å². The van der Waals surface area contributed by atoms with Crippen LogP contribution in [0.5, 0.6) is 0 Å². The fourth-order valence-corrected chi connectivity index (χ4v) is 1.34. The molecule has 1 saturated heterocycles. The Bertz CT molecular complexity index is 142. The Hall–Kier alpha value is -0.410. The van der Waals surface area contributed by atoms with E-state index in [0.29, 0.717) is 19.5 Å². The van der Waals surface area contributed by atoms with E-state index < -0.39 is 6.29 Å². The Kier molecular flexibility index (Phi) is 3.23. The summed E-state index contributed by atoms with van der Waals surface area (Å²) in [6.45, 7) is 5.53. The average molecular weight is 172 g/mol. The van der Waals surface area contributed by atoms with Crippen LogP contribution in [0.3, 0.4) is 0 Å².